The number of nitrogens with zero attached hydrogens (tertiary/aromatic N) is 4. The molecule has 0 atom stereocenters. The van der Waals surface area contributed by atoms with E-state index in [-0.39, 0.29) is 0 Å². The van der Waals surface area contributed by atoms with E-state index in [0.29, 0.717) is 17.5 Å². The summed E-state index contributed by atoms with van der Waals surface area (Å²) < 4.78 is 9.28. The lowest BCUT2D eigenvalue weighted by atomic mass is 10.00. The van der Waals surface area contributed by atoms with Crippen molar-refractivity contribution in [2.45, 2.75) is 0 Å². The first kappa shape index (κ1) is 35.5. The molecule has 0 saturated carbocycles. The molecule has 0 aliphatic rings. The molecule has 62 heavy (non-hydrogen) atoms. The maximum Gasteiger partial charge on any atom is 0.167 e. The van der Waals surface area contributed by atoms with Gasteiger partial charge in [-0.3, -0.25) is 0 Å². The highest BCUT2D eigenvalue weighted by atomic mass is 16.3. The number of fused-ring (bicyclic) bond motifs is 6. The summed E-state index contributed by atoms with van der Waals surface area (Å²) >= 11 is 0. The molecule has 290 valence electrons. The molecule has 5 nitrogen and oxygen atoms in total. The minimum absolute atomic E-state index is 0.553. The van der Waals surface area contributed by atoms with Gasteiger partial charge in [0.05, 0.1) is 16.6 Å². The highest BCUT2D eigenvalue weighted by Crippen LogP contribution is 2.41. The normalized spacial score (nSPS) is 11.5. The van der Waals surface area contributed by atoms with E-state index >= 15 is 0 Å². The van der Waals surface area contributed by atoms with Crippen LogP contribution in [0.25, 0.3) is 117 Å². The SMILES string of the molecule is c1ccc(-c2ccc(-c3cccc(-n4c5ccccc5c5cc6c(cc54)oc4c(-c5nc(-c7ccccc7)nc(-c7cccc(-c8ccccc8)c7)n5)cccc46)c3)cc2)cc1. The zero-order valence-corrected chi connectivity index (χ0v) is 33.5. The lowest BCUT2D eigenvalue weighted by Crippen LogP contribution is -2.00. The Balaban J connectivity index is 1.00. The maximum absolute atomic E-state index is 6.93. The third kappa shape index (κ3) is 6.14. The molecule has 0 amide bonds. The van der Waals surface area contributed by atoms with Crippen LogP contribution in [-0.4, -0.2) is 19.5 Å². The second kappa shape index (κ2) is 14.7. The van der Waals surface area contributed by atoms with Crippen molar-refractivity contribution in [2.75, 3.05) is 0 Å². The Hall–Kier alpha value is -8.41. The van der Waals surface area contributed by atoms with Crippen molar-refractivity contribution in [3.63, 3.8) is 0 Å². The number of hydrogen-bond acceptors (Lipinski definition) is 4. The van der Waals surface area contributed by atoms with Gasteiger partial charge in [0.25, 0.3) is 0 Å². The van der Waals surface area contributed by atoms with E-state index in [1.54, 1.807) is 0 Å². The second-order valence-corrected chi connectivity index (χ2v) is 15.6. The molecule has 0 aliphatic heterocycles. The van der Waals surface area contributed by atoms with Crippen LogP contribution in [0.1, 0.15) is 0 Å². The Morgan fingerprint density at radius 2 is 0.823 bits per heavy atom. The molecule has 12 rings (SSSR count). The van der Waals surface area contributed by atoms with E-state index in [1.165, 1.54) is 22.1 Å². The number of benzene rings is 9. The van der Waals surface area contributed by atoms with Gasteiger partial charge in [-0.15, -0.1) is 0 Å². The minimum atomic E-state index is 0.553. The van der Waals surface area contributed by atoms with E-state index in [1.807, 2.05) is 42.5 Å². The number of furan rings is 1. The van der Waals surface area contributed by atoms with Crippen LogP contribution in [0, 0.1) is 0 Å². The molecule has 0 bridgehead atoms. The fourth-order valence-electron chi connectivity index (χ4n) is 8.83. The van der Waals surface area contributed by atoms with Crippen LogP contribution < -0.4 is 0 Å². The van der Waals surface area contributed by atoms with Crippen LogP contribution in [-0.2, 0) is 0 Å². The lowest BCUT2D eigenvalue weighted by molar-refractivity contribution is 0.670. The fourth-order valence-corrected chi connectivity index (χ4v) is 8.83. The quantitative estimate of drug-likeness (QED) is 0.161. The molecule has 0 unspecified atom stereocenters. The zero-order valence-electron chi connectivity index (χ0n) is 33.5. The second-order valence-electron chi connectivity index (χ2n) is 15.6. The molecular formula is C57H36N4O. The maximum atomic E-state index is 6.93. The van der Waals surface area contributed by atoms with Gasteiger partial charge in [-0.1, -0.05) is 176 Å². The van der Waals surface area contributed by atoms with Gasteiger partial charge in [0.1, 0.15) is 11.2 Å². The highest BCUT2D eigenvalue weighted by Gasteiger charge is 2.21. The molecule has 3 aromatic heterocycles. The Morgan fingerprint density at radius 3 is 1.56 bits per heavy atom. The predicted octanol–water partition coefficient (Wildman–Crippen LogP) is 14.9. The largest absolute Gasteiger partial charge is 0.455 e. The van der Waals surface area contributed by atoms with E-state index in [4.69, 9.17) is 19.4 Å². The van der Waals surface area contributed by atoms with Crippen LogP contribution in [0.5, 0.6) is 0 Å². The van der Waals surface area contributed by atoms with Gasteiger partial charge in [0, 0.05) is 44.4 Å². The molecule has 5 heteroatoms. The minimum Gasteiger partial charge on any atom is -0.455 e. The third-order valence-corrected chi connectivity index (χ3v) is 11.9. The molecule has 9 aromatic carbocycles. The van der Waals surface area contributed by atoms with Gasteiger partial charge < -0.3 is 8.98 Å². The first-order chi connectivity index (χ1) is 30.7. The lowest BCUT2D eigenvalue weighted by Gasteiger charge is -2.11. The van der Waals surface area contributed by atoms with Crippen molar-refractivity contribution < 1.29 is 4.42 Å². The molecule has 0 radical (unpaired) electrons. The smallest absolute Gasteiger partial charge is 0.167 e. The van der Waals surface area contributed by atoms with Crippen molar-refractivity contribution in [2.24, 2.45) is 0 Å². The van der Waals surface area contributed by atoms with E-state index in [0.717, 1.165) is 77.4 Å². The summed E-state index contributed by atoms with van der Waals surface area (Å²) in [6.07, 6.45) is 0. The van der Waals surface area contributed by atoms with Gasteiger partial charge in [0.2, 0.25) is 0 Å². The van der Waals surface area contributed by atoms with Gasteiger partial charge >= 0.3 is 0 Å². The summed E-state index contributed by atoms with van der Waals surface area (Å²) in [6, 6.07) is 76.4. The van der Waals surface area contributed by atoms with Crippen LogP contribution in [0.3, 0.4) is 0 Å². The van der Waals surface area contributed by atoms with Crippen molar-refractivity contribution in [1.82, 2.24) is 19.5 Å². The van der Waals surface area contributed by atoms with Crippen LogP contribution in [0.2, 0.25) is 0 Å². The Bertz CT molecular complexity index is 3610. The first-order valence-corrected chi connectivity index (χ1v) is 20.8. The molecular weight excluding hydrogens is 757 g/mol. The number of aromatic nitrogens is 4. The molecule has 3 heterocycles. The summed E-state index contributed by atoms with van der Waals surface area (Å²) in [6.45, 7) is 0. The monoisotopic (exact) mass is 792 g/mol. The average molecular weight is 793 g/mol. The standard InChI is InChI=1S/C57H36N4O/c1-4-15-37(16-5-1)39-29-31-40(32-30-39)43-22-13-24-45(34-43)61-51-28-11-10-25-46(51)49-35-50-47-26-14-27-48(54(47)62-53(50)36-52(49)61)57-59-55(41-19-8-3-9-20-41)58-56(60-57)44-23-12-21-42(33-44)38-17-6-2-7-18-38/h1-36H. The number of para-hydroxylation sites is 2. The van der Waals surface area contributed by atoms with Crippen LogP contribution >= 0.6 is 0 Å². The van der Waals surface area contributed by atoms with Gasteiger partial charge in [-0.05, 0) is 69.8 Å². The summed E-state index contributed by atoms with van der Waals surface area (Å²) in [5, 5.41) is 4.38. The van der Waals surface area contributed by atoms with Gasteiger partial charge in [0.15, 0.2) is 17.5 Å². The first-order valence-electron chi connectivity index (χ1n) is 20.8. The summed E-state index contributed by atoms with van der Waals surface area (Å²) in [5.74, 6) is 1.75. The van der Waals surface area contributed by atoms with Crippen molar-refractivity contribution in [3.05, 3.63) is 218 Å². The third-order valence-electron chi connectivity index (χ3n) is 11.9. The van der Waals surface area contributed by atoms with E-state index < -0.39 is 0 Å². The van der Waals surface area contributed by atoms with Crippen molar-refractivity contribution >= 4 is 43.7 Å². The molecule has 0 spiro atoms. The van der Waals surface area contributed by atoms with Crippen LogP contribution in [0.15, 0.2) is 223 Å². The van der Waals surface area contributed by atoms with Crippen molar-refractivity contribution in [1.29, 1.82) is 0 Å². The predicted molar refractivity (Wildman–Crippen MR) is 254 cm³/mol. The fraction of sp³-hybridized carbons (Fsp3) is 0. The average Bonchev–Trinajstić information content (AvgIpc) is 3.89. The molecule has 0 saturated heterocycles. The highest BCUT2D eigenvalue weighted by molar-refractivity contribution is 6.18. The topological polar surface area (TPSA) is 56.7 Å². The van der Waals surface area contributed by atoms with Gasteiger partial charge in [-0.25, -0.2) is 15.0 Å². The Morgan fingerprint density at radius 1 is 0.306 bits per heavy atom. The number of rotatable bonds is 7. The zero-order chi connectivity index (χ0) is 41.0. The summed E-state index contributed by atoms with van der Waals surface area (Å²) in [7, 11) is 0. The summed E-state index contributed by atoms with van der Waals surface area (Å²) in [5.41, 5.74) is 14.4. The molecule has 0 N–H and O–H groups in total. The Kier molecular flexibility index (Phi) is 8.42. The molecule has 0 aliphatic carbocycles. The van der Waals surface area contributed by atoms with E-state index in [2.05, 4.69) is 180 Å². The van der Waals surface area contributed by atoms with Crippen LogP contribution in [0.4, 0.5) is 0 Å². The Labute approximate surface area is 357 Å². The van der Waals surface area contributed by atoms with Gasteiger partial charge in [-0.2, -0.15) is 0 Å². The van der Waals surface area contributed by atoms with Crippen molar-refractivity contribution in [3.8, 4) is 73.2 Å². The molecule has 0 fully saturated rings. The molecule has 12 aromatic rings. The van der Waals surface area contributed by atoms with E-state index in [9.17, 15) is 0 Å². The summed E-state index contributed by atoms with van der Waals surface area (Å²) in [4.78, 5) is 15.3. The number of hydrogen-bond donors (Lipinski definition) is 0.